The number of thiazole rings is 1. The first-order valence-electron chi connectivity index (χ1n) is 5.98. The first kappa shape index (κ1) is 14.0. The van der Waals surface area contributed by atoms with Crippen LogP contribution in [0.1, 0.15) is 34.6 Å². The van der Waals surface area contributed by atoms with Crippen LogP contribution in [0.5, 0.6) is 0 Å². The zero-order chi connectivity index (χ0) is 13.0. The van der Waals surface area contributed by atoms with Gasteiger partial charge in [-0.15, -0.1) is 11.3 Å². The maximum absolute atomic E-state index is 12.1. The van der Waals surface area contributed by atoms with Crippen LogP contribution in [0.2, 0.25) is 0 Å². The molecule has 0 unspecified atom stereocenters. The fourth-order valence-electron chi connectivity index (χ4n) is 1.81. The van der Waals surface area contributed by atoms with Crippen molar-refractivity contribution < 1.29 is 4.79 Å². The number of hydrogen-bond acceptors (Lipinski definition) is 2. The van der Waals surface area contributed by atoms with Crippen molar-refractivity contribution >= 4 is 17.4 Å². The molecule has 0 bridgehead atoms. The summed E-state index contributed by atoms with van der Waals surface area (Å²) in [7, 11) is 0. The minimum atomic E-state index is -0.153. The zero-order valence-corrected chi connectivity index (χ0v) is 12.0. The van der Waals surface area contributed by atoms with Gasteiger partial charge in [0.05, 0.1) is 0 Å². The van der Waals surface area contributed by atoms with Crippen LogP contribution in [0.4, 0.5) is 4.79 Å². The largest absolute Gasteiger partial charge is 0.346 e. The second kappa shape index (κ2) is 6.00. The van der Waals surface area contributed by atoms with E-state index in [0.29, 0.717) is 0 Å². The van der Waals surface area contributed by atoms with E-state index in [4.69, 9.17) is 0 Å². The van der Waals surface area contributed by atoms with E-state index in [1.54, 1.807) is 4.90 Å². The lowest BCUT2D eigenvalue weighted by atomic mass is 10.2. The molecule has 0 radical (unpaired) electrons. The molecule has 0 saturated heterocycles. The highest BCUT2D eigenvalue weighted by Crippen LogP contribution is 2.07. The quantitative estimate of drug-likeness (QED) is 0.818. The van der Waals surface area contributed by atoms with E-state index in [1.165, 1.54) is 11.3 Å². The van der Waals surface area contributed by atoms with Crippen LogP contribution >= 0.6 is 11.3 Å². The van der Waals surface area contributed by atoms with Gasteiger partial charge < -0.3 is 9.47 Å². The van der Waals surface area contributed by atoms with Crippen LogP contribution < -0.4 is 4.80 Å². The summed E-state index contributed by atoms with van der Waals surface area (Å²) in [5, 5.41) is 1.95. The molecule has 1 aromatic rings. The molecule has 4 nitrogen and oxygen atoms in total. The molecule has 1 rings (SSSR count). The van der Waals surface area contributed by atoms with Gasteiger partial charge in [-0.25, -0.2) is 4.79 Å². The van der Waals surface area contributed by atoms with E-state index in [-0.39, 0.29) is 18.1 Å². The second-order valence-corrected chi connectivity index (χ2v) is 5.33. The van der Waals surface area contributed by atoms with Gasteiger partial charge in [-0.2, -0.15) is 4.99 Å². The Hall–Kier alpha value is -1.10. The van der Waals surface area contributed by atoms with Gasteiger partial charge in [-0.3, -0.25) is 0 Å². The standard InChI is InChI=1S/C12H21N3OS/c1-6-14-7-8-17-12(14)13-11(16)15(9(2)3)10(4)5/h7-10H,6H2,1-5H3/b13-12-. The monoisotopic (exact) mass is 255 g/mol. The van der Waals surface area contributed by atoms with E-state index in [9.17, 15) is 4.79 Å². The first-order valence-corrected chi connectivity index (χ1v) is 6.86. The van der Waals surface area contributed by atoms with Crippen LogP contribution in [0.3, 0.4) is 0 Å². The van der Waals surface area contributed by atoms with Crippen LogP contribution in [-0.4, -0.2) is 27.6 Å². The molecule has 0 atom stereocenters. The maximum atomic E-state index is 12.1. The summed E-state index contributed by atoms with van der Waals surface area (Å²) in [4.78, 5) is 18.9. The van der Waals surface area contributed by atoms with E-state index >= 15 is 0 Å². The van der Waals surface area contributed by atoms with Crippen molar-refractivity contribution in [1.82, 2.24) is 9.47 Å². The number of urea groups is 1. The zero-order valence-electron chi connectivity index (χ0n) is 11.2. The molecule has 17 heavy (non-hydrogen) atoms. The average Bonchev–Trinajstić information content (AvgIpc) is 2.63. The molecule has 96 valence electrons. The molecule has 1 aromatic heterocycles. The second-order valence-electron chi connectivity index (χ2n) is 4.46. The Kier molecular flexibility index (Phi) is 4.93. The molecule has 5 heteroatoms. The number of nitrogens with zero attached hydrogens (tertiary/aromatic N) is 3. The lowest BCUT2D eigenvalue weighted by Crippen LogP contribution is -2.41. The summed E-state index contributed by atoms with van der Waals surface area (Å²) in [6.45, 7) is 10.9. The van der Waals surface area contributed by atoms with E-state index in [2.05, 4.69) is 4.99 Å². The summed E-state index contributed by atoms with van der Waals surface area (Å²) in [5.41, 5.74) is 0. The highest BCUT2D eigenvalue weighted by Gasteiger charge is 2.19. The number of hydrogen-bond donors (Lipinski definition) is 0. The Morgan fingerprint density at radius 2 is 2.00 bits per heavy atom. The maximum Gasteiger partial charge on any atom is 0.346 e. The van der Waals surface area contributed by atoms with Gasteiger partial charge in [0.2, 0.25) is 0 Å². The van der Waals surface area contributed by atoms with Gasteiger partial charge in [0, 0.05) is 30.2 Å². The smallest absolute Gasteiger partial charge is 0.324 e. The number of aromatic nitrogens is 1. The summed E-state index contributed by atoms with van der Waals surface area (Å²) in [6, 6.07) is 0.183. The van der Waals surface area contributed by atoms with Crippen LogP contribution in [-0.2, 0) is 6.54 Å². The molecule has 0 aliphatic carbocycles. The van der Waals surface area contributed by atoms with Gasteiger partial charge >= 0.3 is 6.03 Å². The van der Waals surface area contributed by atoms with Crippen LogP contribution in [0, 0.1) is 0 Å². The summed E-state index contributed by atoms with van der Waals surface area (Å²) < 4.78 is 1.97. The van der Waals surface area contributed by atoms with Crippen LogP contribution in [0.15, 0.2) is 16.6 Å². The van der Waals surface area contributed by atoms with Crippen molar-refractivity contribution in [2.24, 2.45) is 4.99 Å². The molecule has 0 spiro atoms. The third-order valence-electron chi connectivity index (χ3n) is 2.53. The number of aryl methyl sites for hydroxylation is 1. The van der Waals surface area contributed by atoms with Crippen molar-refractivity contribution in [2.75, 3.05) is 0 Å². The van der Waals surface area contributed by atoms with Crippen molar-refractivity contribution in [2.45, 2.75) is 53.2 Å². The molecular formula is C12H21N3OS. The van der Waals surface area contributed by atoms with Gasteiger partial charge in [-0.1, -0.05) is 0 Å². The Bertz CT molecular complexity index is 423. The predicted octanol–water partition coefficient (Wildman–Crippen LogP) is 2.71. The normalized spacial score (nSPS) is 12.5. The predicted molar refractivity (Wildman–Crippen MR) is 71.1 cm³/mol. The van der Waals surface area contributed by atoms with E-state index < -0.39 is 0 Å². The minimum absolute atomic E-state index is 0.153. The first-order chi connectivity index (χ1) is 7.97. The number of rotatable bonds is 3. The third-order valence-corrected chi connectivity index (χ3v) is 3.32. The minimum Gasteiger partial charge on any atom is -0.324 e. The SMILES string of the molecule is CCn1ccs/c1=N\C(=O)N(C(C)C)C(C)C. The van der Waals surface area contributed by atoms with Gasteiger partial charge in [-0.05, 0) is 34.6 Å². The lowest BCUT2D eigenvalue weighted by Gasteiger charge is -2.28. The van der Waals surface area contributed by atoms with Gasteiger partial charge in [0.15, 0.2) is 4.80 Å². The number of carbonyl (C=O) groups excluding carboxylic acids is 1. The fraction of sp³-hybridized carbons (Fsp3) is 0.667. The molecule has 0 N–H and O–H groups in total. The molecule has 1 heterocycles. The van der Waals surface area contributed by atoms with Crippen molar-refractivity contribution in [3.8, 4) is 0 Å². The number of amides is 2. The van der Waals surface area contributed by atoms with E-state index in [0.717, 1.165) is 11.3 Å². The average molecular weight is 255 g/mol. The molecule has 0 aliphatic heterocycles. The Labute approximate surface area is 107 Å². The molecule has 0 saturated carbocycles. The Morgan fingerprint density at radius 1 is 1.41 bits per heavy atom. The molecule has 0 aromatic carbocycles. The van der Waals surface area contributed by atoms with Gasteiger partial charge in [0.25, 0.3) is 0 Å². The van der Waals surface area contributed by atoms with Crippen molar-refractivity contribution in [3.63, 3.8) is 0 Å². The Balaban J connectivity index is 3.01. The Morgan fingerprint density at radius 3 is 2.47 bits per heavy atom. The lowest BCUT2D eigenvalue weighted by molar-refractivity contribution is 0.174. The van der Waals surface area contributed by atoms with Gasteiger partial charge in [0.1, 0.15) is 0 Å². The number of carbonyl (C=O) groups is 1. The molecule has 0 fully saturated rings. The summed E-state index contributed by atoms with van der Waals surface area (Å²) in [5.74, 6) is 0. The highest BCUT2D eigenvalue weighted by atomic mass is 32.1. The van der Waals surface area contributed by atoms with Crippen LogP contribution in [0.25, 0.3) is 0 Å². The van der Waals surface area contributed by atoms with E-state index in [1.807, 2.05) is 50.8 Å². The summed E-state index contributed by atoms with van der Waals surface area (Å²) >= 11 is 1.49. The fourth-order valence-corrected chi connectivity index (χ4v) is 2.59. The molecular weight excluding hydrogens is 234 g/mol. The third kappa shape index (κ3) is 3.43. The van der Waals surface area contributed by atoms with Crippen molar-refractivity contribution in [1.29, 1.82) is 0 Å². The highest BCUT2D eigenvalue weighted by molar-refractivity contribution is 7.07. The topological polar surface area (TPSA) is 37.6 Å². The molecule has 2 amide bonds. The van der Waals surface area contributed by atoms with Crippen molar-refractivity contribution in [3.05, 3.63) is 16.4 Å². The molecule has 0 aliphatic rings. The summed E-state index contributed by atoms with van der Waals surface area (Å²) in [6.07, 6.45) is 1.95.